The molecule has 0 aromatic rings. The minimum atomic E-state index is 0.150. The Balaban J connectivity index is 3.75. The van der Waals surface area contributed by atoms with Gasteiger partial charge in [-0.05, 0) is 34.1 Å². The second kappa shape index (κ2) is 12.9. The van der Waals surface area contributed by atoms with Gasteiger partial charge in [-0.1, -0.05) is 0 Å². The third-order valence-corrected chi connectivity index (χ3v) is 2.57. The van der Waals surface area contributed by atoms with E-state index in [-0.39, 0.29) is 5.54 Å². The molecule has 0 radical (unpaired) electrons. The minimum Gasteiger partial charge on any atom is -0.382 e. The lowest BCUT2D eigenvalue weighted by Crippen LogP contribution is -2.44. The largest absolute Gasteiger partial charge is 0.382 e. The van der Waals surface area contributed by atoms with E-state index in [1.54, 1.807) is 7.11 Å². The average Bonchev–Trinajstić information content (AvgIpc) is 2.41. The van der Waals surface area contributed by atoms with E-state index in [1.807, 2.05) is 0 Å². The van der Waals surface area contributed by atoms with Gasteiger partial charge in [0.15, 0.2) is 5.96 Å². The molecule has 0 aromatic carbocycles. The van der Waals surface area contributed by atoms with Gasteiger partial charge in [0.05, 0.1) is 13.2 Å². The van der Waals surface area contributed by atoms with Crippen molar-refractivity contribution in [1.82, 2.24) is 16.0 Å². The summed E-state index contributed by atoms with van der Waals surface area (Å²) in [6, 6.07) is 0. The maximum absolute atomic E-state index is 5.41. The van der Waals surface area contributed by atoms with Crippen LogP contribution in [0.2, 0.25) is 0 Å². The Labute approximate surface area is 130 Å². The fourth-order valence-corrected chi connectivity index (χ4v) is 1.56. The normalized spacial score (nSPS) is 12.5. The molecule has 0 aliphatic carbocycles. The number of aliphatic imine (C=N–C) groups is 1. The van der Waals surface area contributed by atoms with E-state index in [1.165, 1.54) is 0 Å². The van der Waals surface area contributed by atoms with Crippen LogP contribution in [0.1, 0.15) is 34.1 Å². The van der Waals surface area contributed by atoms with E-state index in [0.717, 1.165) is 45.2 Å². The number of hydrogen-bond donors (Lipinski definition) is 3. The molecule has 6 nitrogen and oxygen atoms in total. The van der Waals surface area contributed by atoms with Crippen molar-refractivity contribution in [2.24, 2.45) is 4.99 Å². The first kappa shape index (κ1) is 20.1. The van der Waals surface area contributed by atoms with Crippen molar-refractivity contribution in [1.29, 1.82) is 0 Å². The lowest BCUT2D eigenvalue weighted by Gasteiger charge is -2.21. The van der Waals surface area contributed by atoms with E-state index < -0.39 is 0 Å². The Morgan fingerprint density at radius 1 is 1.05 bits per heavy atom. The summed E-state index contributed by atoms with van der Waals surface area (Å²) < 4.78 is 10.3. The molecule has 0 fully saturated rings. The van der Waals surface area contributed by atoms with Gasteiger partial charge in [-0.3, -0.25) is 4.99 Å². The van der Waals surface area contributed by atoms with Crippen molar-refractivity contribution in [3.05, 3.63) is 0 Å². The second-order valence-electron chi connectivity index (χ2n) is 5.82. The molecule has 0 heterocycles. The maximum atomic E-state index is 5.41. The van der Waals surface area contributed by atoms with Crippen LogP contribution in [0.4, 0.5) is 0 Å². The summed E-state index contributed by atoms with van der Waals surface area (Å²) >= 11 is 0. The molecule has 126 valence electrons. The van der Waals surface area contributed by atoms with Crippen LogP contribution >= 0.6 is 0 Å². The summed E-state index contributed by atoms with van der Waals surface area (Å²) in [5, 5.41) is 10.00. The number of nitrogens with zero attached hydrogens (tertiary/aromatic N) is 1. The van der Waals surface area contributed by atoms with Crippen LogP contribution in [0, 0.1) is 0 Å². The average molecular weight is 302 g/mol. The van der Waals surface area contributed by atoms with Crippen LogP contribution in [0.3, 0.4) is 0 Å². The van der Waals surface area contributed by atoms with E-state index in [4.69, 9.17) is 9.47 Å². The molecule has 0 unspecified atom stereocenters. The first-order valence-electron chi connectivity index (χ1n) is 7.83. The molecule has 21 heavy (non-hydrogen) atoms. The highest BCUT2D eigenvalue weighted by molar-refractivity contribution is 5.79. The van der Waals surface area contributed by atoms with Crippen LogP contribution in [0.15, 0.2) is 4.99 Å². The molecule has 0 aliphatic rings. The van der Waals surface area contributed by atoms with Gasteiger partial charge in [-0.25, -0.2) is 0 Å². The van der Waals surface area contributed by atoms with E-state index in [0.29, 0.717) is 13.2 Å². The molecule has 0 amide bonds. The van der Waals surface area contributed by atoms with Gasteiger partial charge in [0.25, 0.3) is 0 Å². The highest BCUT2D eigenvalue weighted by Crippen LogP contribution is 1.96. The number of nitrogens with one attached hydrogen (secondary N) is 3. The number of rotatable bonds is 11. The quantitative estimate of drug-likeness (QED) is 0.302. The van der Waals surface area contributed by atoms with Crippen molar-refractivity contribution in [3.63, 3.8) is 0 Å². The first-order chi connectivity index (χ1) is 9.99. The van der Waals surface area contributed by atoms with Crippen LogP contribution in [0.25, 0.3) is 0 Å². The summed E-state index contributed by atoms with van der Waals surface area (Å²) in [4.78, 5) is 4.52. The van der Waals surface area contributed by atoms with Crippen LogP contribution < -0.4 is 16.0 Å². The molecule has 0 rings (SSSR count). The van der Waals surface area contributed by atoms with Gasteiger partial charge in [0.1, 0.15) is 0 Å². The molecule has 0 saturated carbocycles. The summed E-state index contributed by atoms with van der Waals surface area (Å²) in [7, 11) is 1.68. The Kier molecular flexibility index (Phi) is 12.3. The SMILES string of the molecule is CCNC(=NCCCOCCOC)NCCNC(C)(C)C. The Hall–Kier alpha value is -0.850. The topological polar surface area (TPSA) is 66.9 Å². The van der Waals surface area contributed by atoms with Gasteiger partial charge in [0, 0.05) is 45.4 Å². The zero-order valence-corrected chi connectivity index (χ0v) is 14.4. The molecule has 0 saturated heterocycles. The lowest BCUT2D eigenvalue weighted by molar-refractivity contribution is 0.0702. The molecule has 0 atom stereocenters. The number of methoxy groups -OCH3 is 1. The maximum Gasteiger partial charge on any atom is 0.191 e. The highest BCUT2D eigenvalue weighted by Gasteiger charge is 2.07. The lowest BCUT2D eigenvalue weighted by atomic mass is 10.1. The molecule has 6 heteroatoms. The fraction of sp³-hybridized carbons (Fsp3) is 0.933. The Morgan fingerprint density at radius 3 is 2.43 bits per heavy atom. The zero-order valence-electron chi connectivity index (χ0n) is 14.4. The highest BCUT2D eigenvalue weighted by atomic mass is 16.5. The third kappa shape index (κ3) is 15.4. The van der Waals surface area contributed by atoms with Crippen molar-refractivity contribution >= 4 is 5.96 Å². The van der Waals surface area contributed by atoms with Crippen molar-refractivity contribution in [3.8, 4) is 0 Å². The zero-order chi connectivity index (χ0) is 16.0. The fourth-order valence-electron chi connectivity index (χ4n) is 1.56. The molecule has 0 spiro atoms. The van der Waals surface area contributed by atoms with Gasteiger partial charge in [0.2, 0.25) is 0 Å². The smallest absolute Gasteiger partial charge is 0.191 e. The predicted octanol–water partition coefficient (Wildman–Crippen LogP) is 0.983. The molecule has 0 aromatic heterocycles. The summed E-state index contributed by atoms with van der Waals surface area (Å²) in [6.45, 7) is 14.0. The third-order valence-electron chi connectivity index (χ3n) is 2.57. The molecule has 0 aliphatic heterocycles. The van der Waals surface area contributed by atoms with Crippen LogP contribution in [0.5, 0.6) is 0 Å². The number of guanidine groups is 1. The monoisotopic (exact) mass is 302 g/mol. The van der Waals surface area contributed by atoms with Gasteiger partial charge in [-0.15, -0.1) is 0 Å². The molecule has 0 bridgehead atoms. The van der Waals surface area contributed by atoms with E-state index in [2.05, 4.69) is 48.6 Å². The predicted molar refractivity (Wildman–Crippen MR) is 89.0 cm³/mol. The Morgan fingerprint density at radius 2 is 1.81 bits per heavy atom. The molecular formula is C15H34N4O2. The van der Waals surface area contributed by atoms with Gasteiger partial charge >= 0.3 is 0 Å². The Bertz CT molecular complexity index is 265. The van der Waals surface area contributed by atoms with Crippen molar-refractivity contribution in [2.45, 2.75) is 39.7 Å². The van der Waals surface area contributed by atoms with Crippen LogP contribution in [-0.4, -0.2) is 64.6 Å². The van der Waals surface area contributed by atoms with E-state index >= 15 is 0 Å². The molecular weight excluding hydrogens is 268 g/mol. The number of ether oxygens (including phenoxy) is 2. The van der Waals surface area contributed by atoms with Crippen molar-refractivity contribution < 1.29 is 9.47 Å². The van der Waals surface area contributed by atoms with Gasteiger partial charge < -0.3 is 25.4 Å². The minimum absolute atomic E-state index is 0.150. The number of hydrogen-bond acceptors (Lipinski definition) is 4. The van der Waals surface area contributed by atoms with Gasteiger partial charge in [-0.2, -0.15) is 0 Å². The summed E-state index contributed by atoms with van der Waals surface area (Å²) in [5.41, 5.74) is 0.150. The summed E-state index contributed by atoms with van der Waals surface area (Å²) in [5.74, 6) is 0.866. The standard InChI is InChI=1S/C15H34N4O2/c1-6-16-14(18-9-10-19-15(2,3)4)17-8-7-11-21-13-12-20-5/h19H,6-13H2,1-5H3,(H2,16,17,18). The first-order valence-corrected chi connectivity index (χ1v) is 7.83. The van der Waals surface area contributed by atoms with Crippen LogP contribution in [-0.2, 0) is 9.47 Å². The summed E-state index contributed by atoms with van der Waals surface area (Å²) in [6.07, 6.45) is 0.917. The van der Waals surface area contributed by atoms with Crippen molar-refractivity contribution in [2.75, 3.05) is 53.1 Å². The second-order valence-corrected chi connectivity index (χ2v) is 5.82. The molecule has 3 N–H and O–H groups in total. The van der Waals surface area contributed by atoms with E-state index in [9.17, 15) is 0 Å².